The van der Waals surface area contributed by atoms with E-state index in [0.29, 0.717) is 5.56 Å². The number of carboxylic acid groups (broad SMARTS) is 2. The molecule has 0 unspecified atom stereocenters. The van der Waals surface area contributed by atoms with Crippen molar-refractivity contribution >= 4 is 18.0 Å². The van der Waals surface area contributed by atoms with Gasteiger partial charge in [0.2, 0.25) is 0 Å². The number of carboxylic acids is 2. The van der Waals surface area contributed by atoms with Crippen LogP contribution in [0, 0.1) is 0 Å². The summed E-state index contributed by atoms with van der Waals surface area (Å²) in [5.74, 6) is -2.43. The number of benzene rings is 1. The summed E-state index contributed by atoms with van der Waals surface area (Å²) in [5.41, 5.74) is -0.440. The fraction of sp³-hybridized carbons (Fsp3) is 0.400. The highest BCUT2D eigenvalue weighted by atomic mass is 16.6. The van der Waals surface area contributed by atoms with Crippen LogP contribution in [0.15, 0.2) is 24.3 Å². The molecule has 120 valence electrons. The Kier molecular flexibility index (Phi) is 5.50. The van der Waals surface area contributed by atoms with Gasteiger partial charge < -0.3 is 20.3 Å². The van der Waals surface area contributed by atoms with E-state index in [0.717, 1.165) is 0 Å². The van der Waals surface area contributed by atoms with Crippen molar-refractivity contribution in [2.45, 2.75) is 38.8 Å². The SMILES string of the molecule is CC(C)(C)OC(=O)N[C@H](Cc1ccccc1C(=O)O)C(=O)O. The van der Waals surface area contributed by atoms with Gasteiger partial charge in [-0.3, -0.25) is 0 Å². The van der Waals surface area contributed by atoms with Crippen molar-refractivity contribution in [1.82, 2.24) is 5.32 Å². The van der Waals surface area contributed by atoms with Gasteiger partial charge in [0.15, 0.2) is 0 Å². The van der Waals surface area contributed by atoms with Crippen molar-refractivity contribution in [2.24, 2.45) is 0 Å². The van der Waals surface area contributed by atoms with Gasteiger partial charge in [-0.2, -0.15) is 0 Å². The van der Waals surface area contributed by atoms with Gasteiger partial charge >= 0.3 is 18.0 Å². The van der Waals surface area contributed by atoms with E-state index in [9.17, 15) is 19.5 Å². The largest absolute Gasteiger partial charge is 0.480 e. The second-order valence-electron chi connectivity index (χ2n) is 5.70. The molecule has 7 heteroatoms. The molecule has 0 fully saturated rings. The van der Waals surface area contributed by atoms with E-state index in [1.54, 1.807) is 32.9 Å². The molecule has 0 aliphatic rings. The number of carbonyl (C=O) groups excluding carboxylic acids is 1. The minimum Gasteiger partial charge on any atom is -0.480 e. The Bertz CT molecular complexity index is 576. The molecule has 1 aromatic rings. The number of rotatable bonds is 5. The maximum absolute atomic E-state index is 11.7. The minimum absolute atomic E-state index is 0.000242. The monoisotopic (exact) mass is 309 g/mol. The lowest BCUT2D eigenvalue weighted by Crippen LogP contribution is -2.44. The van der Waals surface area contributed by atoms with E-state index in [-0.39, 0.29) is 12.0 Å². The Morgan fingerprint density at radius 1 is 1.18 bits per heavy atom. The standard InChI is InChI=1S/C15H19NO6/c1-15(2,3)22-14(21)16-11(13(19)20)8-9-6-4-5-7-10(9)12(17)18/h4-7,11H,8H2,1-3H3,(H,16,21)(H,17,18)(H,19,20)/t11-/m1/s1. The van der Waals surface area contributed by atoms with Gasteiger partial charge in [-0.25, -0.2) is 14.4 Å². The molecule has 0 aliphatic carbocycles. The third-order valence-electron chi connectivity index (χ3n) is 2.66. The summed E-state index contributed by atoms with van der Waals surface area (Å²) in [6.07, 6.45) is -1.02. The van der Waals surface area contributed by atoms with E-state index in [4.69, 9.17) is 9.84 Å². The molecule has 0 aliphatic heterocycles. The van der Waals surface area contributed by atoms with E-state index in [2.05, 4.69) is 5.32 Å². The Hall–Kier alpha value is -2.57. The van der Waals surface area contributed by atoms with E-state index in [1.165, 1.54) is 12.1 Å². The van der Waals surface area contributed by atoms with Crippen molar-refractivity contribution in [1.29, 1.82) is 0 Å². The molecule has 1 aromatic carbocycles. The third-order valence-corrected chi connectivity index (χ3v) is 2.66. The topological polar surface area (TPSA) is 113 Å². The molecule has 0 aromatic heterocycles. The maximum Gasteiger partial charge on any atom is 0.408 e. The second kappa shape index (κ2) is 6.93. The minimum atomic E-state index is -1.28. The lowest BCUT2D eigenvalue weighted by molar-refractivity contribution is -0.139. The Morgan fingerprint density at radius 2 is 1.77 bits per heavy atom. The molecule has 3 N–H and O–H groups in total. The van der Waals surface area contributed by atoms with Gasteiger partial charge in [-0.05, 0) is 32.4 Å². The van der Waals surface area contributed by atoms with Crippen LogP contribution < -0.4 is 5.32 Å². The number of aromatic carboxylic acids is 1. The Labute approximate surface area is 127 Å². The van der Waals surface area contributed by atoms with Crippen LogP contribution >= 0.6 is 0 Å². The zero-order valence-corrected chi connectivity index (χ0v) is 12.6. The predicted octanol–water partition coefficient (Wildman–Crippen LogP) is 1.91. The molecule has 1 rings (SSSR count). The van der Waals surface area contributed by atoms with Crippen LogP contribution in [-0.2, 0) is 16.0 Å². The Balaban J connectivity index is 2.88. The van der Waals surface area contributed by atoms with E-state index in [1.807, 2.05) is 0 Å². The average molecular weight is 309 g/mol. The number of ether oxygens (including phenoxy) is 1. The summed E-state index contributed by atoms with van der Waals surface area (Å²) in [6, 6.07) is 4.76. The number of amides is 1. The van der Waals surface area contributed by atoms with Gasteiger partial charge in [-0.15, -0.1) is 0 Å². The second-order valence-corrected chi connectivity index (χ2v) is 5.70. The first-order chi connectivity index (χ1) is 10.1. The van der Waals surface area contributed by atoms with Crippen molar-refractivity contribution < 1.29 is 29.3 Å². The van der Waals surface area contributed by atoms with Gasteiger partial charge in [0.1, 0.15) is 11.6 Å². The van der Waals surface area contributed by atoms with Crippen molar-refractivity contribution in [3.05, 3.63) is 35.4 Å². The van der Waals surface area contributed by atoms with Crippen molar-refractivity contribution in [2.75, 3.05) is 0 Å². The molecule has 1 atom stereocenters. The predicted molar refractivity (Wildman–Crippen MR) is 77.9 cm³/mol. The number of hydrogen-bond acceptors (Lipinski definition) is 4. The normalized spacial score (nSPS) is 12.3. The maximum atomic E-state index is 11.7. The van der Waals surface area contributed by atoms with Gasteiger partial charge in [0.25, 0.3) is 0 Å². The molecular weight excluding hydrogens is 290 g/mol. The lowest BCUT2D eigenvalue weighted by atomic mass is 10.0. The first kappa shape index (κ1) is 17.5. The van der Waals surface area contributed by atoms with E-state index >= 15 is 0 Å². The van der Waals surface area contributed by atoms with Gasteiger partial charge in [0.05, 0.1) is 5.56 Å². The molecule has 1 amide bonds. The fourth-order valence-electron chi connectivity index (χ4n) is 1.78. The van der Waals surface area contributed by atoms with Crippen LogP contribution in [0.2, 0.25) is 0 Å². The first-order valence-corrected chi connectivity index (χ1v) is 6.63. The molecule has 0 heterocycles. The summed E-state index contributed by atoms with van der Waals surface area (Å²) in [4.78, 5) is 34.1. The summed E-state index contributed by atoms with van der Waals surface area (Å²) in [6.45, 7) is 4.96. The van der Waals surface area contributed by atoms with E-state index < -0.39 is 29.7 Å². The fourth-order valence-corrected chi connectivity index (χ4v) is 1.78. The number of nitrogens with one attached hydrogen (secondary N) is 1. The smallest absolute Gasteiger partial charge is 0.408 e. The van der Waals surface area contributed by atoms with Gasteiger partial charge in [-0.1, -0.05) is 18.2 Å². The molecule has 0 saturated carbocycles. The highest BCUT2D eigenvalue weighted by Crippen LogP contribution is 2.13. The molecule has 0 radical (unpaired) electrons. The third kappa shape index (κ3) is 5.43. The molecular formula is C15H19NO6. The summed E-state index contributed by atoms with van der Waals surface area (Å²) in [7, 11) is 0. The lowest BCUT2D eigenvalue weighted by Gasteiger charge is -2.22. The number of aliphatic carboxylic acids is 1. The molecule has 0 bridgehead atoms. The van der Waals surface area contributed by atoms with Crippen LogP contribution in [0.3, 0.4) is 0 Å². The quantitative estimate of drug-likeness (QED) is 0.765. The van der Waals surface area contributed by atoms with Crippen LogP contribution in [-0.4, -0.2) is 39.9 Å². The molecule has 22 heavy (non-hydrogen) atoms. The highest BCUT2D eigenvalue weighted by molar-refractivity contribution is 5.90. The number of alkyl carbamates (subject to hydrolysis) is 1. The zero-order valence-electron chi connectivity index (χ0n) is 12.6. The number of hydrogen-bond donors (Lipinski definition) is 3. The highest BCUT2D eigenvalue weighted by Gasteiger charge is 2.25. The summed E-state index contributed by atoms with van der Waals surface area (Å²) in [5, 5.41) is 20.5. The first-order valence-electron chi connectivity index (χ1n) is 6.63. The number of carbonyl (C=O) groups is 3. The van der Waals surface area contributed by atoms with Crippen LogP contribution in [0.4, 0.5) is 4.79 Å². The Morgan fingerprint density at radius 3 is 2.27 bits per heavy atom. The zero-order chi connectivity index (χ0) is 16.9. The molecule has 0 saturated heterocycles. The van der Waals surface area contributed by atoms with Crippen LogP contribution in [0.25, 0.3) is 0 Å². The summed E-state index contributed by atoms with van der Waals surface area (Å²) >= 11 is 0. The van der Waals surface area contributed by atoms with Crippen molar-refractivity contribution in [3.63, 3.8) is 0 Å². The van der Waals surface area contributed by atoms with Crippen molar-refractivity contribution in [3.8, 4) is 0 Å². The van der Waals surface area contributed by atoms with Crippen LogP contribution in [0.5, 0.6) is 0 Å². The van der Waals surface area contributed by atoms with Gasteiger partial charge in [0, 0.05) is 6.42 Å². The molecule has 7 nitrogen and oxygen atoms in total. The average Bonchev–Trinajstić information content (AvgIpc) is 2.35. The summed E-state index contributed by atoms with van der Waals surface area (Å²) < 4.78 is 5.00. The molecule has 0 spiro atoms. The van der Waals surface area contributed by atoms with Crippen LogP contribution in [0.1, 0.15) is 36.7 Å².